The number of carbonyl (C=O) groups excluding carboxylic acids is 1. The zero-order valence-corrected chi connectivity index (χ0v) is 9.54. The van der Waals surface area contributed by atoms with Gasteiger partial charge in [0, 0.05) is 6.54 Å². The summed E-state index contributed by atoms with van der Waals surface area (Å²) in [5.41, 5.74) is 10.9. The summed E-state index contributed by atoms with van der Waals surface area (Å²) in [5, 5.41) is 5.69. The second-order valence-corrected chi connectivity index (χ2v) is 3.90. The van der Waals surface area contributed by atoms with Gasteiger partial charge >= 0.3 is 0 Å². The van der Waals surface area contributed by atoms with Gasteiger partial charge in [-0.15, -0.1) is 0 Å². The Bertz CT molecular complexity index is 248. The molecule has 1 aliphatic rings. The molecule has 6 heteroatoms. The highest BCUT2D eigenvalue weighted by atomic mass is 16.2. The third kappa shape index (κ3) is 4.59. The molecule has 0 aromatic carbocycles. The Balaban J connectivity index is 2.21. The first kappa shape index (κ1) is 12.9. The van der Waals surface area contributed by atoms with Crippen LogP contribution in [0.3, 0.4) is 0 Å². The number of guanidine groups is 1. The second-order valence-electron chi connectivity index (χ2n) is 3.90. The SMILES string of the molecule is NCCCCN=C(N)NC(=O)[C@@H]1CCCN1. The zero-order valence-electron chi connectivity index (χ0n) is 9.54. The van der Waals surface area contributed by atoms with Crippen LogP contribution < -0.4 is 22.1 Å². The fraction of sp³-hybridized carbons (Fsp3) is 0.800. The van der Waals surface area contributed by atoms with E-state index in [2.05, 4.69) is 15.6 Å². The number of hydrogen-bond donors (Lipinski definition) is 4. The van der Waals surface area contributed by atoms with Crippen LogP contribution in [0.5, 0.6) is 0 Å². The van der Waals surface area contributed by atoms with Gasteiger partial charge in [0.25, 0.3) is 0 Å². The highest BCUT2D eigenvalue weighted by molar-refractivity contribution is 5.98. The van der Waals surface area contributed by atoms with Gasteiger partial charge in [0.15, 0.2) is 5.96 Å². The van der Waals surface area contributed by atoms with Crippen LogP contribution >= 0.6 is 0 Å². The summed E-state index contributed by atoms with van der Waals surface area (Å²) < 4.78 is 0. The number of carbonyl (C=O) groups is 1. The van der Waals surface area contributed by atoms with Crippen LogP contribution in [0.15, 0.2) is 4.99 Å². The first-order valence-corrected chi connectivity index (χ1v) is 5.78. The number of nitrogens with two attached hydrogens (primary N) is 2. The van der Waals surface area contributed by atoms with Gasteiger partial charge in [-0.2, -0.15) is 0 Å². The Hall–Kier alpha value is -1.14. The van der Waals surface area contributed by atoms with E-state index in [1.54, 1.807) is 0 Å². The van der Waals surface area contributed by atoms with Crippen LogP contribution in [-0.4, -0.2) is 37.5 Å². The lowest BCUT2D eigenvalue weighted by molar-refractivity contribution is -0.121. The molecule has 0 unspecified atom stereocenters. The van der Waals surface area contributed by atoms with Crippen molar-refractivity contribution in [3.8, 4) is 0 Å². The fourth-order valence-electron chi connectivity index (χ4n) is 1.62. The van der Waals surface area contributed by atoms with Crippen LogP contribution in [0.25, 0.3) is 0 Å². The lowest BCUT2D eigenvalue weighted by atomic mass is 10.2. The molecule has 1 saturated heterocycles. The van der Waals surface area contributed by atoms with Crippen LogP contribution in [0.2, 0.25) is 0 Å². The number of aliphatic imine (C=N–C) groups is 1. The molecule has 0 aromatic rings. The van der Waals surface area contributed by atoms with Crippen molar-refractivity contribution < 1.29 is 4.79 Å². The molecule has 92 valence electrons. The zero-order chi connectivity index (χ0) is 11.8. The van der Waals surface area contributed by atoms with E-state index in [9.17, 15) is 4.79 Å². The maximum absolute atomic E-state index is 11.6. The molecule has 0 bridgehead atoms. The summed E-state index contributed by atoms with van der Waals surface area (Å²) in [7, 11) is 0. The molecule has 1 fully saturated rings. The Labute approximate surface area is 95.9 Å². The first-order valence-electron chi connectivity index (χ1n) is 5.78. The summed E-state index contributed by atoms with van der Waals surface area (Å²) in [6.45, 7) is 2.17. The Morgan fingerprint density at radius 3 is 2.94 bits per heavy atom. The monoisotopic (exact) mass is 227 g/mol. The van der Waals surface area contributed by atoms with Crippen LogP contribution in [-0.2, 0) is 4.79 Å². The molecule has 0 aromatic heterocycles. The molecule has 6 nitrogen and oxygen atoms in total. The van der Waals surface area contributed by atoms with E-state index in [0.717, 1.165) is 32.2 Å². The second kappa shape index (κ2) is 7.19. The van der Waals surface area contributed by atoms with Crippen molar-refractivity contribution in [1.29, 1.82) is 0 Å². The molecule has 1 heterocycles. The smallest absolute Gasteiger partial charge is 0.243 e. The Kier molecular flexibility index (Phi) is 5.81. The average molecular weight is 227 g/mol. The third-order valence-electron chi connectivity index (χ3n) is 2.52. The largest absolute Gasteiger partial charge is 0.370 e. The lowest BCUT2D eigenvalue weighted by Gasteiger charge is -2.10. The van der Waals surface area contributed by atoms with Gasteiger partial charge in [-0.3, -0.25) is 15.1 Å². The molecule has 0 radical (unpaired) electrons. The summed E-state index contributed by atoms with van der Waals surface area (Å²) in [6, 6.07) is -0.113. The van der Waals surface area contributed by atoms with Gasteiger partial charge in [-0.25, -0.2) is 0 Å². The maximum atomic E-state index is 11.6. The van der Waals surface area contributed by atoms with Crippen molar-refractivity contribution in [3.63, 3.8) is 0 Å². The summed E-state index contributed by atoms with van der Waals surface area (Å²) in [6.07, 6.45) is 3.72. The van der Waals surface area contributed by atoms with Crippen molar-refractivity contribution in [2.75, 3.05) is 19.6 Å². The third-order valence-corrected chi connectivity index (χ3v) is 2.52. The molecule has 0 saturated carbocycles. The minimum atomic E-state index is -0.113. The van der Waals surface area contributed by atoms with Crippen LogP contribution in [0.1, 0.15) is 25.7 Å². The molecular formula is C10H21N5O. The summed E-state index contributed by atoms with van der Waals surface area (Å²) >= 11 is 0. The topological polar surface area (TPSA) is 106 Å². The quantitative estimate of drug-likeness (QED) is 0.272. The predicted molar refractivity (Wildman–Crippen MR) is 63.9 cm³/mol. The molecule has 1 atom stereocenters. The van der Waals surface area contributed by atoms with Crippen LogP contribution in [0.4, 0.5) is 0 Å². The van der Waals surface area contributed by atoms with Gasteiger partial charge in [0.2, 0.25) is 5.91 Å². The van der Waals surface area contributed by atoms with Gasteiger partial charge < -0.3 is 16.8 Å². The van der Waals surface area contributed by atoms with E-state index in [4.69, 9.17) is 11.5 Å². The van der Waals surface area contributed by atoms with E-state index >= 15 is 0 Å². The van der Waals surface area contributed by atoms with E-state index in [-0.39, 0.29) is 17.9 Å². The minimum absolute atomic E-state index is 0.0856. The van der Waals surface area contributed by atoms with Crippen LogP contribution in [0, 0.1) is 0 Å². The number of unbranched alkanes of at least 4 members (excludes halogenated alkanes) is 1. The maximum Gasteiger partial charge on any atom is 0.243 e. The highest BCUT2D eigenvalue weighted by Gasteiger charge is 2.22. The molecule has 16 heavy (non-hydrogen) atoms. The van der Waals surface area contributed by atoms with Gasteiger partial charge in [0.1, 0.15) is 0 Å². The normalized spacial score (nSPS) is 21.1. The minimum Gasteiger partial charge on any atom is -0.370 e. The molecule has 6 N–H and O–H groups in total. The van der Waals surface area contributed by atoms with E-state index in [1.165, 1.54) is 0 Å². The summed E-state index contributed by atoms with van der Waals surface area (Å²) in [4.78, 5) is 15.6. The molecule has 0 spiro atoms. The van der Waals surface area contributed by atoms with Gasteiger partial charge in [0.05, 0.1) is 6.04 Å². The predicted octanol–water partition coefficient (Wildman–Crippen LogP) is -1.09. The number of nitrogens with zero attached hydrogens (tertiary/aromatic N) is 1. The van der Waals surface area contributed by atoms with E-state index in [0.29, 0.717) is 13.1 Å². The van der Waals surface area contributed by atoms with Crippen molar-refractivity contribution >= 4 is 11.9 Å². The summed E-state index contributed by atoms with van der Waals surface area (Å²) in [5.74, 6) is 0.119. The van der Waals surface area contributed by atoms with Gasteiger partial charge in [-0.05, 0) is 38.8 Å². The first-order chi connectivity index (χ1) is 7.74. The Morgan fingerprint density at radius 2 is 2.31 bits per heavy atom. The number of hydrogen-bond acceptors (Lipinski definition) is 4. The van der Waals surface area contributed by atoms with Gasteiger partial charge in [-0.1, -0.05) is 0 Å². The average Bonchev–Trinajstić information content (AvgIpc) is 2.77. The molecule has 1 aliphatic heterocycles. The number of rotatable bonds is 5. The highest BCUT2D eigenvalue weighted by Crippen LogP contribution is 2.04. The van der Waals surface area contributed by atoms with E-state index in [1.807, 2.05) is 0 Å². The molecule has 1 rings (SSSR count). The standard InChI is InChI=1S/C10H21N5O/c11-5-1-2-6-14-10(12)15-9(16)8-4-3-7-13-8/h8,13H,1-7,11H2,(H3,12,14,15,16)/t8-/m0/s1. The molecule has 1 amide bonds. The molecular weight excluding hydrogens is 206 g/mol. The van der Waals surface area contributed by atoms with Crippen molar-refractivity contribution in [1.82, 2.24) is 10.6 Å². The number of nitrogens with one attached hydrogen (secondary N) is 2. The van der Waals surface area contributed by atoms with E-state index < -0.39 is 0 Å². The lowest BCUT2D eigenvalue weighted by Crippen LogP contribution is -2.46. The molecule has 0 aliphatic carbocycles. The van der Waals surface area contributed by atoms with Crippen molar-refractivity contribution in [2.24, 2.45) is 16.5 Å². The Morgan fingerprint density at radius 1 is 1.50 bits per heavy atom. The fourth-order valence-corrected chi connectivity index (χ4v) is 1.62. The van der Waals surface area contributed by atoms with Crippen molar-refractivity contribution in [2.45, 2.75) is 31.7 Å². The number of amides is 1. The van der Waals surface area contributed by atoms with Crippen molar-refractivity contribution in [3.05, 3.63) is 0 Å².